The number of hydrogen-bond acceptors (Lipinski definition) is 5. The SMILES string of the molecule is CCOc1cc(/C=C(/C#N)C(N)=O)ccc1OCC(=O)Nc1ccc(C23CC4CC(CC(C4)C2)C3)cc1. The predicted molar refractivity (Wildman–Crippen MR) is 141 cm³/mol. The second-order valence-corrected chi connectivity index (χ2v) is 10.8. The van der Waals surface area contributed by atoms with Crippen LogP contribution in [0.2, 0.25) is 0 Å². The van der Waals surface area contributed by atoms with Gasteiger partial charge in [0.1, 0.15) is 11.6 Å². The number of ether oxygens (including phenoxy) is 2. The number of nitrogens with zero attached hydrogens (tertiary/aromatic N) is 1. The molecule has 0 spiro atoms. The van der Waals surface area contributed by atoms with Gasteiger partial charge in [0.15, 0.2) is 18.1 Å². The van der Waals surface area contributed by atoms with E-state index in [1.807, 2.05) is 19.1 Å². The third kappa shape index (κ3) is 5.34. The number of nitrogens with one attached hydrogen (secondary N) is 1. The maximum absolute atomic E-state index is 12.6. The van der Waals surface area contributed by atoms with Crippen molar-refractivity contribution in [1.82, 2.24) is 0 Å². The van der Waals surface area contributed by atoms with Crippen molar-refractivity contribution in [2.45, 2.75) is 50.9 Å². The van der Waals surface area contributed by atoms with Gasteiger partial charge in [-0.1, -0.05) is 18.2 Å². The molecule has 7 nitrogen and oxygen atoms in total. The zero-order valence-corrected chi connectivity index (χ0v) is 21.2. The minimum absolute atomic E-state index is 0.162. The molecule has 0 aliphatic heterocycles. The molecule has 2 aromatic carbocycles. The van der Waals surface area contributed by atoms with Crippen LogP contribution >= 0.6 is 0 Å². The van der Waals surface area contributed by atoms with Gasteiger partial charge in [-0.3, -0.25) is 9.59 Å². The highest BCUT2D eigenvalue weighted by atomic mass is 16.5. The highest BCUT2D eigenvalue weighted by Crippen LogP contribution is 2.60. The van der Waals surface area contributed by atoms with Crippen LogP contribution < -0.4 is 20.5 Å². The van der Waals surface area contributed by atoms with Gasteiger partial charge in [-0.25, -0.2) is 0 Å². The van der Waals surface area contributed by atoms with Crippen molar-refractivity contribution in [3.8, 4) is 17.6 Å². The fourth-order valence-electron chi connectivity index (χ4n) is 7.04. The zero-order chi connectivity index (χ0) is 26.0. The van der Waals surface area contributed by atoms with E-state index in [1.54, 1.807) is 24.3 Å². The average Bonchev–Trinajstić information content (AvgIpc) is 2.86. The molecular formula is C30H33N3O4. The largest absolute Gasteiger partial charge is 0.490 e. The molecule has 0 aromatic heterocycles. The molecule has 0 saturated heterocycles. The van der Waals surface area contributed by atoms with Gasteiger partial charge in [-0.05, 0) is 110 Å². The summed E-state index contributed by atoms with van der Waals surface area (Å²) in [6.07, 6.45) is 9.60. The first-order valence-electron chi connectivity index (χ1n) is 13.1. The summed E-state index contributed by atoms with van der Waals surface area (Å²) in [6.45, 7) is 2.03. The van der Waals surface area contributed by atoms with Gasteiger partial charge in [-0.15, -0.1) is 0 Å². The van der Waals surface area contributed by atoms with Gasteiger partial charge in [0.2, 0.25) is 0 Å². The molecule has 4 aliphatic rings. The third-order valence-electron chi connectivity index (χ3n) is 8.14. The van der Waals surface area contributed by atoms with Crippen molar-refractivity contribution < 1.29 is 19.1 Å². The summed E-state index contributed by atoms with van der Waals surface area (Å²) in [5.74, 6) is 2.41. The smallest absolute Gasteiger partial charge is 0.262 e. The van der Waals surface area contributed by atoms with Crippen molar-refractivity contribution in [3.63, 3.8) is 0 Å². The second-order valence-electron chi connectivity index (χ2n) is 10.8. The molecule has 4 aliphatic carbocycles. The predicted octanol–water partition coefficient (Wildman–Crippen LogP) is 4.96. The molecule has 0 unspecified atom stereocenters. The molecule has 4 fully saturated rings. The Hall–Kier alpha value is -3.79. The molecule has 6 rings (SSSR count). The molecule has 0 atom stereocenters. The summed E-state index contributed by atoms with van der Waals surface area (Å²) < 4.78 is 11.4. The van der Waals surface area contributed by atoms with E-state index in [-0.39, 0.29) is 18.1 Å². The number of carbonyl (C=O) groups is 2. The van der Waals surface area contributed by atoms with Crippen LogP contribution in [0.15, 0.2) is 48.0 Å². The van der Waals surface area contributed by atoms with Crippen LogP contribution in [0.25, 0.3) is 6.08 Å². The molecule has 3 N–H and O–H groups in total. The normalized spacial score (nSPS) is 25.8. The Morgan fingerprint density at radius 3 is 2.24 bits per heavy atom. The molecule has 4 saturated carbocycles. The van der Waals surface area contributed by atoms with Crippen molar-refractivity contribution in [2.24, 2.45) is 23.5 Å². The highest BCUT2D eigenvalue weighted by Gasteiger charge is 2.51. The maximum Gasteiger partial charge on any atom is 0.262 e. The molecule has 0 heterocycles. The van der Waals surface area contributed by atoms with Crippen molar-refractivity contribution in [3.05, 3.63) is 59.2 Å². The van der Waals surface area contributed by atoms with Crippen LogP contribution in [-0.4, -0.2) is 25.0 Å². The Morgan fingerprint density at radius 1 is 1.03 bits per heavy atom. The van der Waals surface area contributed by atoms with Crippen LogP contribution in [-0.2, 0) is 15.0 Å². The lowest BCUT2D eigenvalue weighted by molar-refractivity contribution is -0.118. The van der Waals surface area contributed by atoms with Gasteiger partial charge >= 0.3 is 0 Å². The number of amides is 2. The fourth-order valence-corrected chi connectivity index (χ4v) is 7.04. The van der Waals surface area contributed by atoms with Crippen molar-refractivity contribution >= 4 is 23.6 Å². The van der Waals surface area contributed by atoms with E-state index in [4.69, 9.17) is 20.5 Å². The molecule has 7 heteroatoms. The van der Waals surface area contributed by atoms with E-state index in [0.29, 0.717) is 29.1 Å². The summed E-state index contributed by atoms with van der Waals surface area (Å²) >= 11 is 0. The molecule has 4 bridgehead atoms. The lowest BCUT2D eigenvalue weighted by Crippen LogP contribution is -2.48. The van der Waals surface area contributed by atoms with Gasteiger partial charge < -0.3 is 20.5 Å². The van der Waals surface area contributed by atoms with Crippen LogP contribution in [0, 0.1) is 29.1 Å². The molecule has 2 aromatic rings. The van der Waals surface area contributed by atoms with E-state index in [2.05, 4.69) is 17.4 Å². The number of nitrogens with two attached hydrogens (primary N) is 1. The summed E-state index contributed by atoms with van der Waals surface area (Å²) in [5.41, 5.74) is 8.13. The first-order chi connectivity index (χ1) is 17.9. The first kappa shape index (κ1) is 24.9. The van der Waals surface area contributed by atoms with E-state index in [1.165, 1.54) is 50.2 Å². The Morgan fingerprint density at radius 2 is 1.68 bits per heavy atom. The Balaban J connectivity index is 1.21. The number of primary amides is 1. The van der Waals surface area contributed by atoms with Gasteiger partial charge in [0.25, 0.3) is 11.8 Å². The summed E-state index contributed by atoms with van der Waals surface area (Å²) in [6, 6.07) is 15.1. The number of hydrogen-bond donors (Lipinski definition) is 2. The standard InChI is InChI=1S/C30H33N3O4/c1-2-36-27-13-19(12-23(17-31)29(32)35)3-8-26(27)37-18-28(34)33-25-6-4-24(5-7-25)30-14-20-9-21(15-30)11-22(10-20)16-30/h3-8,12-13,20-22H,2,9-11,14-16,18H2,1H3,(H2,32,35)(H,33,34)/b23-12-. The minimum Gasteiger partial charge on any atom is -0.490 e. The van der Waals surface area contributed by atoms with E-state index >= 15 is 0 Å². The number of rotatable bonds is 9. The lowest BCUT2D eigenvalue weighted by atomic mass is 9.48. The summed E-state index contributed by atoms with van der Waals surface area (Å²) in [7, 11) is 0. The fraction of sp³-hybridized carbons (Fsp3) is 0.433. The van der Waals surface area contributed by atoms with Crippen LogP contribution in [0.3, 0.4) is 0 Å². The monoisotopic (exact) mass is 499 g/mol. The van der Waals surface area contributed by atoms with Crippen LogP contribution in [0.5, 0.6) is 11.5 Å². The second kappa shape index (κ2) is 10.3. The van der Waals surface area contributed by atoms with Gasteiger partial charge in [0, 0.05) is 5.69 Å². The number of benzene rings is 2. The Labute approximate surface area is 217 Å². The number of anilines is 1. The van der Waals surface area contributed by atoms with E-state index < -0.39 is 5.91 Å². The lowest BCUT2D eigenvalue weighted by Gasteiger charge is -2.57. The Bertz CT molecular complexity index is 1220. The first-order valence-corrected chi connectivity index (χ1v) is 13.1. The number of nitriles is 1. The molecular weight excluding hydrogens is 466 g/mol. The zero-order valence-electron chi connectivity index (χ0n) is 21.2. The molecule has 192 valence electrons. The topological polar surface area (TPSA) is 114 Å². The van der Waals surface area contributed by atoms with Crippen molar-refractivity contribution in [1.29, 1.82) is 5.26 Å². The Kier molecular flexibility index (Phi) is 6.92. The van der Waals surface area contributed by atoms with E-state index in [0.717, 1.165) is 23.4 Å². The molecule has 0 radical (unpaired) electrons. The minimum atomic E-state index is -0.802. The van der Waals surface area contributed by atoms with Gasteiger partial charge in [0.05, 0.1) is 6.61 Å². The van der Waals surface area contributed by atoms with Crippen LogP contribution in [0.4, 0.5) is 5.69 Å². The average molecular weight is 500 g/mol. The summed E-state index contributed by atoms with van der Waals surface area (Å²) in [4.78, 5) is 23.9. The van der Waals surface area contributed by atoms with E-state index in [9.17, 15) is 9.59 Å². The summed E-state index contributed by atoms with van der Waals surface area (Å²) in [5, 5.41) is 12.0. The van der Waals surface area contributed by atoms with Gasteiger partial charge in [-0.2, -0.15) is 5.26 Å². The maximum atomic E-state index is 12.6. The molecule has 37 heavy (non-hydrogen) atoms. The van der Waals surface area contributed by atoms with Crippen LogP contribution in [0.1, 0.15) is 56.6 Å². The number of carbonyl (C=O) groups excluding carboxylic acids is 2. The quantitative estimate of drug-likeness (QED) is 0.374. The third-order valence-corrected chi connectivity index (χ3v) is 8.14. The van der Waals surface area contributed by atoms with Crippen molar-refractivity contribution in [2.75, 3.05) is 18.5 Å². The highest BCUT2D eigenvalue weighted by molar-refractivity contribution is 6.00. The molecule has 2 amide bonds.